The van der Waals surface area contributed by atoms with Crippen LogP contribution in [0, 0.1) is 5.92 Å². The van der Waals surface area contributed by atoms with Gasteiger partial charge in [0.15, 0.2) is 0 Å². The van der Waals surface area contributed by atoms with Crippen LogP contribution in [0.3, 0.4) is 0 Å². The highest BCUT2D eigenvalue weighted by atomic mass is 16.1. The fourth-order valence-corrected chi connectivity index (χ4v) is 2.73. The van der Waals surface area contributed by atoms with Gasteiger partial charge in [-0.25, -0.2) is 4.98 Å². The Morgan fingerprint density at radius 2 is 2.21 bits per heavy atom. The van der Waals surface area contributed by atoms with Crippen molar-refractivity contribution in [3.8, 4) is 0 Å². The first-order valence-electron chi connectivity index (χ1n) is 6.60. The molecule has 1 saturated heterocycles. The van der Waals surface area contributed by atoms with Gasteiger partial charge in [-0.2, -0.15) is 0 Å². The topological polar surface area (TPSA) is 45.2 Å². The summed E-state index contributed by atoms with van der Waals surface area (Å²) in [5.74, 6) is 1.19. The third-order valence-electron chi connectivity index (χ3n) is 3.76. The Balaban J connectivity index is 1.92. The van der Waals surface area contributed by atoms with Crippen molar-refractivity contribution < 1.29 is 4.79 Å². The van der Waals surface area contributed by atoms with Crippen molar-refractivity contribution in [2.75, 3.05) is 25.0 Å². The molecule has 3 rings (SSSR count). The Morgan fingerprint density at radius 3 is 3.05 bits per heavy atom. The molecule has 2 aromatic rings. The van der Waals surface area contributed by atoms with Crippen LogP contribution in [-0.4, -0.2) is 31.0 Å². The summed E-state index contributed by atoms with van der Waals surface area (Å²) in [6.07, 6.45) is 2.73. The van der Waals surface area contributed by atoms with E-state index < -0.39 is 0 Å². The minimum atomic E-state index is 0.0748. The number of nitrogens with one attached hydrogen (secondary N) is 1. The Kier molecular flexibility index (Phi) is 3.07. The number of anilines is 1. The van der Waals surface area contributed by atoms with Crippen molar-refractivity contribution in [3.63, 3.8) is 0 Å². The van der Waals surface area contributed by atoms with Gasteiger partial charge in [0.1, 0.15) is 5.82 Å². The highest BCUT2D eigenvalue weighted by Crippen LogP contribution is 2.28. The van der Waals surface area contributed by atoms with Gasteiger partial charge in [-0.05, 0) is 17.9 Å². The fraction of sp³-hybridized carbons (Fsp3) is 0.333. The molecule has 1 aliphatic heterocycles. The summed E-state index contributed by atoms with van der Waals surface area (Å²) >= 11 is 0. The van der Waals surface area contributed by atoms with Crippen LogP contribution in [-0.2, 0) is 4.79 Å². The molecule has 1 aliphatic rings. The lowest BCUT2D eigenvalue weighted by molar-refractivity contribution is -0.123. The van der Waals surface area contributed by atoms with E-state index in [0.717, 1.165) is 30.7 Å². The van der Waals surface area contributed by atoms with Gasteiger partial charge in [-0.3, -0.25) is 4.79 Å². The van der Waals surface area contributed by atoms with Crippen molar-refractivity contribution in [1.29, 1.82) is 0 Å². The van der Waals surface area contributed by atoms with Crippen molar-refractivity contribution >= 4 is 22.5 Å². The second-order valence-corrected chi connectivity index (χ2v) is 4.90. The normalized spacial score (nSPS) is 18.8. The smallest absolute Gasteiger partial charge is 0.224 e. The predicted molar refractivity (Wildman–Crippen MR) is 76.1 cm³/mol. The molecule has 4 heteroatoms. The zero-order valence-electron chi connectivity index (χ0n) is 11.0. The molecule has 4 nitrogen and oxygen atoms in total. The van der Waals surface area contributed by atoms with E-state index >= 15 is 0 Å². The van der Waals surface area contributed by atoms with Crippen LogP contribution in [0.5, 0.6) is 0 Å². The monoisotopic (exact) mass is 255 g/mol. The number of fused-ring (bicyclic) bond motifs is 1. The predicted octanol–water partition coefficient (Wildman–Crippen LogP) is 1.81. The number of benzene rings is 1. The van der Waals surface area contributed by atoms with Gasteiger partial charge in [0.2, 0.25) is 5.91 Å². The first-order chi connectivity index (χ1) is 9.29. The number of rotatable bonds is 2. The van der Waals surface area contributed by atoms with Gasteiger partial charge in [0, 0.05) is 31.7 Å². The molecule has 2 heterocycles. The van der Waals surface area contributed by atoms with Crippen LogP contribution < -0.4 is 10.2 Å². The van der Waals surface area contributed by atoms with Crippen molar-refractivity contribution in [1.82, 2.24) is 10.3 Å². The quantitative estimate of drug-likeness (QED) is 0.890. The Morgan fingerprint density at radius 1 is 1.37 bits per heavy atom. The Hall–Kier alpha value is -2.10. The number of carbonyl (C=O) groups excluding carboxylic acids is 1. The maximum atomic E-state index is 11.7. The molecule has 98 valence electrons. The van der Waals surface area contributed by atoms with E-state index in [9.17, 15) is 4.79 Å². The molecule has 1 atom stereocenters. The first-order valence-corrected chi connectivity index (χ1v) is 6.60. The first kappa shape index (κ1) is 12.0. The van der Waals surface area contributed by atoms with E-state index in [2.05, 4.69) is 27.3 Å². The molecule has 1 amide bonds. The van der Waals surface area contributed by atoms with E-state index in [4.69, 9.17) is 0 Å². The number of carbonyl (C=O) groups is 1. The van der Waals surface area contributed by atoms with Crippen LogP contribution in [0.1, 0.15) is 6.42 Å². The standard InChI is InChI=1S/C15H17N3O/c1-16-15(19)12-7-9-18(10-12)14-13-5-3-2-4-11(13)6-8-17-14/h2-6,8,12H,7,9-10H2,1H3,(H,16,19). The lowest BCUT2D eigenvalue weighted by Crippen LogP contribution is -2.30. The third-order valence-corrected chi connectivity index (χ3v) is 3.76. The highest BCUT2D eigenvalue weighted by molar-refractivity contribution is 5.92. The summed E-state index contributed by atoms with van der Waals surface area (Å²) in [6.45, 7) is 1.64. The average molecular weight is 255 g/mol. The number of nitrogens with zero attached hydrogens (tertiary/aromatic N) is 2. The second-order valence-electron chi connectivity index (χ2n) is 4.90. The van der Waals surface area contributed by atoms with E-state index in [1.54, 1.807) is 7.05 Å². The van der Waals surface area contributed by atoms with Crippen molar-refractivity contribution in [3.05, 3.63) is 36.5 Å². The molecule has 1 fully saturated rings. The molecule has 1 aromatic heterocycles. The highest BCUT2D eigenvalue weighted by Gasteiger charge is 2.28. The van der Waals surface area contributed by atoms with Gasteiger partial charge in [0.05, 0.1) is 5.92 Å². The largest absolute Gasteiger partial charge is 0.359 e. The van der Waals surface area contributed by atoms with Gasteiger partial charge < -0.3 is 10.2 Å². The molecule has 0 aliphatic carbocycles. The van der Waals surface area contributed by atoms with Crippen LogP contribution in [0.2, 0.25) is 0 Å². The minimum absolute atomic E-state index is 0.0748. The van der Waals surface area contributed by atoms with Crippen LogP contribution >= 0.6 is 0 Å². The lowest BCUT2D eigenvalue weighted by atomic mass is 10.1. The maximum absolute atomic E-state index is 11.7. The van der Waals surface area contributed by atoms with Crippen LogP contribution in [0.15, 0.2) is 36.5 Å². The zero-order valence-corrected chi connectivity index (χ0v) is 11.0. The van der Waals surface area contributed by atoms with Gasteiger partial charge in [-0.15, -0.1) is 0 Å². The lowest BCUT2D eigenvalue weighted by Gasteiger charge is -2.19. The maximum Gasteiger partial charge on any atom is 0.224 e. The van der Waals surface area contributed by atoms with Crippen molar-refractivity contribution in [2.45, 2.75) is 6.42 Å². The number of amides is 1. The molecule has 1 aromatic carbocycles. The molecular formula is C15H17N3O. The fourth-order valence-electron chi connectivity index (χ4n) is 2.73. The van der Waals surface area contributed by atoms with Gasteiger partial charge in [0.25, 0.3) is 0 Å². The minimum Gasteiger partial charge on any atom is -0.359 e. The average Bonchev–Trinajstić information content (AvgIpc) is 2.95. The number of pyridine rings is 1. The zero-order chi connectivity index (χ0) is 13.2. The Labute approximate surface area is 112 Å². The number of hydrogen-bond donors (Lipinski definition) is 1. The molecule has 0 spiro atoms. The summed E-state index contributed by atoms with van der Waals surface area (Å²) in [5, 5.41) is 5.08. The van der Waals surface area contributed by atoms with Crippen LogP contribution in [0.25, 0.3) is 10.8 Å². The molecule has 19 heavy (non-hydrogen) atoms. The summed E-state index contributed by atoms with van der Waals surface area (Å²) in [7, 11) is 1.70. The molecule has 1 N–H and O–H groups in total. The molecule has 0 radical (unpaired) electrons. The van der Waals surface area contributed by atoms with E-state index in [1.165, 1.54) is 5.39 Å². The molecular weight excluding hydrogens is 238 g/mol. The van der Waals surface area contributed by atoms with Crippen LogP contribution in [0.4, 0.5) is 5.82 Å². The number of hydrogen-bond acceptors (Lipinski definition) is 3. The summed E-state index contributed by atoms with van der Waals surface area (Å²) < 4.78 is 0. The Bertz CT molecular complexity index is 606. The van der Waals surface area contributed by atoms with Gasteiger partial charge in [-0.1, -0.05) is 24.3 Å². The molecule has 0 bridgehead atoms. The molecule has 1 unspecified atom stereocenters. The van der Waals surface area contributed by atoms with Gasteiger partial charge >= 0.3 is 0 Å². The van der Waals surface area contributed by atoms with E-state index in [0.29, 0.717) is 0 Å². The van der Waals surface area contributed by atoms with E-state index in [-0.39, 0.29) is 11.8 Å². The second kappa shape index (κ2) is 4.88. The number of aromatic nitrogens is 1. The summed E-state index contributed by atoms with van der Waals surface area (Å²) in [4.78, 5) is 18.4. The van der Waals surface area contributed by atoms with E-state index in [1.807, 2.05) is 24.4 Å². The summed E-state index contributed by atoms with van der Waals surface area (Å²) in [5.41, 5.74) is 0. The summed E-state index contributed by atoms with van der Waals surface area (Å²) in [6, 6.07) is 10.3. The SMILES string of the molecule is CNC(=O)C1CCN(c2nccc3ccccc23)C1. The van der Waals surface area contributed by atoms with Crippen molar-refractivity contribution in [2.24, 2.45) is 5.92 Å². The molecule has 0 saturated carbocycles. The third kappa shape index (κ3) is 2.14.